The summed E-state index contributed by atoms with van der Waals surface area (Å²) in [4.78, 5) is 0. The smallest absolute Gasteiger partial charge is 0.180 e. The Kier molecular flexibility index (Phi) is 2.15. The maximum atomic E-state index is 4.92. The highest BCUT2D eigenvalue weighted by atomic mass is 16.5. The standard InChI is InChI=1S/C8H8O2/c1-9-7-3-5-8(10-2)6-4-7/h1,3-6H,2H3. The first kappa shape index (κ1) is 6.93. The third kappa shape index (κ3) is 1.41. The lowest BCUT2D eigenvalue weighted by Gasteiger charge is -1.99. The van der Waals surface area contributed by atoms with Crippen molar-refractivity contribution in [3.63, 3.8) is 0 Å². The van der Waals surface area contributed by atoms with Crippen LogP contribution >= 0.6 is 0 Å². The predicted molar refractivity (Wildman–Crippen MR) is 37.9 cm³/mol. The van der Waals surface area contributed by atoms with Crippen molar-refractivity contribution in [2.75, 3.05) is 7.11 Å². The Morgan fingerprint density at radius 1 is 1.10 bits per heavy atom. The first-order chi connectivity index (χ1) is 4.86. The van der Waals surface area contributed by atoms with E-state index in [-0.39, 0.29) is 0 Å². The summed E-state index contributed by atoms with van der Waals surface area (Å²) < 4.78 is 9.38. The molecular formula is C8H8O2. The van der Waals surface area contributed by atoms with E-state index in [1.165, 1.54) is 0 Å². The van der Waals surface area contributed by atoms with E-state index in [0.717, 1.165) is 5.75 Å². The fourth-order valence-electron chi connectivity index (χ4n) is 0.654. The number of hydrogen-bond donors (Lipinski definition) is 0. The SMILES string of the molecule is [CH]Oc1ccc(OC)cc1. The topological polar surface area (TPSA) is 18.5 Å². The van der Waals surface area contributed by atoms with Gasteiger partial charge in [0.1, 0.15) is 11.5 Å². The molecule has 0 amide bonds. The molecule has 10 heavy (non-hydrogen) atoms. The summed E-state index contributed by atoms with van der Waals surface area (Å²) >= 11 is 0. The first-order valence-corrected chi connectivity index (χ1v) is 2.87. The molecule has 0 aliphatic heterocycles. The molecular weight excluding hydrogens is 128 g/mol. The van der Waals surface area contributed by atoms with E-state index < -0.39 is 0 Å². The average molecular weight is 136 g/mol. The Balaban J connectivity index is 2.80. The summed E-state index contributed by atoms with van der Waals surface area (Å²) in [6, 6.07) is 7.03. The Morgan fingerprint density at radius 2 is 1.60 bits per heavy atom. The maximum absolute atomic E-state index is 4.92. The van der Waals surface area contributed by atoms with Crippen LogP contribution in [0.1, 0.15) is 0 Å². The Bertz CT molecular complexity index is 168. The summed E-state index contributed by atoms with van der Waals surface area (Å²) in [5, 5.41) is 0. The molecule has 0 heterocycles. The van der Waals surface area contributed by atoms with E-state index in [2.05, 4.69) is 4.74 Å². The zero-order chi connectivity index (χ0) is 7.40. The van der Waals surface area contributed by atoms with Crippen LogP contribution in [-0.4, -0.2) is 7.11 Å². The molecule has 0 atom stereocenters. The van der Waals surface area contributed by atoms with Crippen molar-refractivity contribution < 1.29 is 9.47 Å². The molecule has 0 spiro atoms. The van der Waals surface area contributed by atoms with E-state index in [4.69, 9.17) is 11.8 Å². The second-order valence-electron chi connectivity index (χ2n) is 1.79. The van der Waals surface area contributed by atoms with Crippen LogP contribution in [0.3, 0.4) is 0 Å². The van der Waals surface area contributed by atoms with E-state index in [0.29, 0.717) is 5.75 Å². The van der Waals surface area contributed by atoms with Gasteiger partial charge in [-0.1, -0.05) is 0 Å². The molecule has 0 bridgehead atoms. The third-order valence-electron chi connectivity index (χ3n) is 1.20. The third-order valence-corrected chi connectivity index (χ3v) is 1.20. The molecule has 0 fully saturated rings. The van der Waals surface area contributed by atoms with Crippen LogP contribution in [0.4, 0.5) is 0 Å². The van der Waals surface area contributed by atoms with Crippen molar-refractivity contribution in [3.8, 4) is 11.5 Å². The van der Waals surface area contributed by atoms with Crippen molar-refractivity contribution in [1.29, 1.82) is 0 Å². The highest BCUT2D eigenvalue weighted by molar-refractivity contribution is 5.30. The molecule has 1 aromatic rings. The molecule has 0 saturated carbocycles. The van der Waals surface area contributed by atoms with Crippen molar-refractivity contribution in [2.24, 2.45) is 0 Å². The van der Waals surface area contributed by atoms with Crippen LogP contribution in [-0.2, 0) is 0 Å². The van der Waals surface area contributed by atoms with E-state index in [1.807, 2.05) is 0 Å². The second kappa shape index (κ2) is 3.11. The van der Waals surface area contributed by atoms with Crippen LogP contribution in [0.5, 0.6) is 11.5 Å². The van der Waals surface area contributed by atoms with Gasteiger partial charge in [0.15, 0.2) is 7.11 Å². The zero-order valence-electron chi connectivity index (χ0n) is 5.70. The van der Waals surface area contributed by atoms with Gasteiger partial charge in [-0.3, -0.25) is 0 Å². The van der Waals surface area contributed by atoms with Gasteiger partial charge in [-0.05, 0) is 24.3 Å². The number of ether oxygens (including phenoxy) is 2. The van der Waals surface area contributed by atoms with Gasteiger partial charge in [0.25, 0.3) is 0 Å². The van der Waals surface area contributed by atoms with E-state index in [1.54, 1.807) is 31.4 Å². The summed E-state index contributed by atoms with van der Waals surface area (Å²) in [6.07, 6.45) is 0. The highest BCUT2D eigenvalue weighted by Crippen LogP contribution is 2.16. The van der Waals surface area contributed by atoms with Gasteiger partial charge >= 0.3 is 0 Å². The first-order valence-electron chi connectivity index (χ1n) is 2.87. The van der Waals surface area contributed by atoms with Crippen LogP contribution in [0.15, 0.2) is 24.3 Å². The summed E-state index contributed by atoms with van der Waals surface area (Å²) in [5.41, 5.74) is 0. The van der Waals surface area contributed by atoms with Gasteiger partial charge in [-0.2, -0.15) is 0 Å². The molecule has 52 valence electrons. The quantitative estimate of drug-likeness (QED) is 0.616. The minimum absolute atomic E-state index is 0.626. The largest absolute Gasteiger partial charge is 0.497 e. The monoisotopic (exact) mass is 136 g/mol. The van der Waals surface area contributed by atoms with Gasteiger partial charge in [0.05, 0.1) is 7.11 Å². The molecule has 0 aromatic heterocycles. The average Bonchev–Trinajstić information content (AvgIpc) is 2.05. The zero-order valence-corrected chi connectivity index (χ0v) is 5.70. The number of hydrogen-bond acceptors (Lipinski definition) is 2. The van der Waals surface area contributed by atoms with E-state index >= 15 is 0 Å². The fraction of sp³-hybridized carbons (Fsp3) is 0.125. The van der Waals surface area contributed by atoms with Crippen molar-refractivity contribution >= 4 is 0 Å². The fourth-order valence-corrected chi connectivity index (χ4v) is 0.654. The number of rotatable bonds is 2. The van der Waals surface area contributed by atoms with Crippen LogP contribution < -0.4 is 9.47 Å². The summed E-state index contributed by atoms with van der Waals surface area (Å²) in [7, 11) is 6.51. The van der Waals surface area contributed by atoms with Gasteiger partial charge < -0.3 is 9.47 Å². The minimum Gasteiger partial charge on any atom is -0.497 e. The highest BCUT2D eigenvalue weighted by Gasteiger charge is 1.90. The molecule has 0 unspecified atom stereocenters. The Morgan fingerprint density at radius 3 is 2.00 bits per heavy atom. The molecule has 1 aromatic carbocycles. The molecule has 2 heteroatoms. The van der Waals surface area contributed by atoms with Crippen LogP contribution in [0, 0.1) is 7.11 Å². The van der Waals surface area contributed by atoms with Gasteiger partial charge in [0, 0.05) is 0 Å². The molecule has 0 saturated heterocycles. The van der Waals surface area contributed by atoms with Crippen molar-refractivity contribution in [3.05, 3.63) is 31.4 Å². The molecule has 2 radical (unpaired) electrons. The molecule has 1 rings (SSSR count). The lowest BCUT2D eigenvalue weighted by Crippen LogP contribution is -1.82. The minimum atomic E-state index is 0.626. The van der Waals surface area contributed by atoms with Crippen LogP contribution in [0.2, 0.25) is 0 Å². The molecule has 2 nitrogen and oxygen atoms in total. The van der Waals surface area contributed by atoms with Gasteiger partial charge in [-0.25, -0.2) is 0 Å². The molecule has 0 aliphatic rings. The van der Waals surface area contributed by atoms with Gasteiger partial charge in [0.2, 0.25) is 0 Å². The van der Waals surface area contributed by atoms with Crippen LogP contribution in [0.25, 0.3) is 0 Å². The Labute approximate surface area is 60.4 Å². The molecule has 0 aliphatic carbocycles. The number of benzene rings is 1. The maximum Gasteiger partial charge on any atom is 0.180 e. The number of methoxy groups -OCH3 is 1. The lowest BCUT2D eigenvalue weighted by molar-refractivity contribution is 0.412. The Hall–Kier alpha value is -1.18. The van der Waals surface area contributed by atoms with Crippen molar-refractivity contribution in [1.82, 2.24) is 0 Å². The van der Waals surface area contributed by atoms with Gasteiger partial charge in [-0.15, -0.1) is 0 Å². The predicted octanol–water partition coefficient (Wildman–Crippen LogP) is 1.74. The summed E-state index contributed by atoms with van der Waals surface area (Å²) in [6.45, 7) is 0. The summed E-state index contributed by atoms with van der Waals surface area (Å²) in [5.74, 6) is 1.42. The van der Waals surface area contributed by atoms with Crippen molar-refractivity contribution in [2.45, 2.75) is 0 Å². The second-order valence-corrected chi connectivity index (χ2v) is 1.79. The normalized spacial score (nSPS) is 9.00. The van der Waals surface area contributed by atoms with E-state index in [9.17, 15) is 0 Å². The molecule has 0 N–H and O–H groups in total. The lowest BCUT2D eigenvalue weighted by atomic mass is 10.3.